The molecular weight excluding hydrogens is 144 g/mol. The van der Waals surface area contributed by atoms with Crippen LogP contribution in [0.3, 0.4) is 0 Å². The van der Waals surface area contributed by atoms with E-state index < -0.39 is 0 Å². The molecule has 0 bridgehead atoms. The Kier molecular flexibility index (Phi) is 9.97. The largest absolute Gasteiger partial charge is 2.00 e. The summed E-state index contributed by atoms with van der Waals surface area (Å²) in [7, 11) is 0. The predicted octanol–water partition coefficient (Wildman–Crippen LogP) is 3.32. The third-order valence-corrected chi connectivity index (χ3v) is 1.31. The van der Waals surface area contributed by atoms with Crippen molar-refractivity contribution in [2.75, 3.05) is 0 Å². The van der Waals surface area contributed by atoms with Gasteiger partial charge in [0.05, 0.1) is 0 Å². The Hall–Kier alpha value is -0.0138. The van der Waals surface area contributed by atoms with Gasteiger partial charge in [-0.3, -0.25) is 0 Å². The second-order valence-electron chi connectivity index (χ2n) is 2.68. The molecule has 0 fully saturated rings. The van der Waals surface area contributed by atoms with Gasteiger partial charge in [0, 0.05) is 0 Å². The van der Waals surface area contributed by atoms with Crippen LogP contribution in [0.4, 0.5) is 0 Å². The van der Waals surface area contributed by atoms with E-state index in [-0.39, 0.29) is 25.9 Å². The maximum absolute atomic E-state index is 3.82. The standard InChI is InChI=1S/C10H16.Mg.2H/c1-5-10(4)8-6-7-9(2)3;;;/h5,7H,1,4,6,8H2,2-3H3;;;/q;+2;2*-1. The molecule has 0 aromatic heterocycles. The second kappa shape index (κ2) is 8.09. The first-order valence-electron chi connectivity index (χ1n) is 3.60. The van der Waals surface area contributed by atoms with Gasteiger partial charge in [-0.1, -0.05) is 36.5 Å². The van der Waals surface area contributed by atoms with Crippen LogP contribution in [-0.4, -0.2) is 23.1 Å². The normalized spacial score (nSPS) is 7.82. The Bertz CT molecular complexity index is 158. The molecule has 0 nitrogen and oxygen atoms in total. The van der Waals surface area contributed by atoms with Crippen molar-refractivity contribution < 1.29 is 2.85 Å². The smallest absolute Gasteiger partial charge is 1.00 e. The number of allylic oxidation sites excluding steroid dienone is 4. The Balaban J connectivity index is -0.000000135. The molecule has 0 aliphatic carbocycles. The van der Waals surface area contributed by atoms with Crippen molar-refractivity contribution in [3.05, 3.63) is 36.5 Å². The van der Waals surface area contributed by atoms with Crippen molar-refractivity contribution in [3.63, 3.8) is 0 Å². The van der Waals surface area contributed by atoms with Gasteiger partial charge in [0.2, 0.25) is 0 Å². The molecule has 0 aromatic rings. The van der Waals surface area contributed by atoms with Crippen LogP contribution in [0.15, 0.2) is 36.5 Å². The number of rotatable bonds is 4. The molecule has 0 N–H and O–H groups in total. The third-order valence-electron chi connectivity index (χ3n) is 1.31. The van der Waals surface area contributed by atoms with Crippen molar-refractivity contribution in [2.24, 2.45) is 0 Å². The first-order valence-corrected chi connectivity index (χ1v) is 3.60. The molecule has 0 atom stereocenters. The van der Waals surface area contributed by atoms with E-state index in [4.69, 9.17) is 0 Å². The fourth-order valence-electron chi connectivity index (χ4n) is 0.648. The molecule has 0 saturated heterocycles. The Labute approximate surface area is 89.2 Å². The molecule has 60 valence electrons. The number of hydrogen-bond donors (Lipinski definition) is 0. The van der Waals surface area contributed by atoms with Gasteiger partial charge < -0.3 is 2.85 Å². The summed E-state index contributed by atoms with van der Waals surface area (Å²) in [5, 5.41) is 0. The molecule has 0 aliphatic heterocycles. The third kappa shape index (κ3) is 9.99. The summed E-state index contributed by atoms with van der Waals surface area (Å²) in [6.45, 7) is 11.7. The topological polar surface area (TPSA) is 0 Å². The molecule has 11 heavy (non-hydrogen) atoms. The molecule has 0 rings (SSSR count). The van der Waals surface area contributed by atoms with Crippen molar-refractivity contribution >= 4 is 23.1 Å². The van der Waals surface area contributed by atoms with Crippen LogP contribution in [0.2, 0.25) is 0 Å². The average Bonchev–Trinajstić information content (AvgIpc) is 1.87. The average molecular weight is 163 g/mol. The summed E-state index contributed by atoms with van der Waals surface area (Å²) in [5.74, 6) is 0. The zero-order chi connectivity index (χ0) is 7.98. The second-order valence-corrected chi connectivity index (χ2v) is 2.68. The molecule has 0 heterocycles. The fraction of sp³-hybridized carbons (Fsp3) is 0.400. The first-order chi connectivity index (χ1) is 4.66. The monoisotopic (exact) mass is 162 g/mol. The minimum atomic E-state index is 0. The van der Waals surface area contributed by atoms with Crippen molar-refractivity contribution in [1.29, 1.82) is 0 Å². The summed E-state index contributed by atoms with van der Waals surface area (Å²) < 4.78 is 0. The van der Waals surface area contributed by atoms with Gasteiger partial charge >= 0.3 is 23.1 Å². The van der Waals surface area contributed by atoms with Crippen molar-refractivity contribution in [2.45, 2.75) is 26.7 Å². The van der Waals surface area contributed by atoms with E-state index in [9.17, 15) is 0 Å². The van der Waals surface area contributed by atoms with E-state index in [1.54, 1.807) is 0 Å². The van der Waals surface area contributed by atoms with Crippen LogP contribution in [0.1, 0.15) is 29.5 Å². The summed E-state index contributed by atoms with van der Waals surface area (Å²) >= 11 is 0. The Morgan fingerprint density at radius 1 is 1.45 bits per heavy atom. The predicted molar refractivity (Wildman–Crippen MR) is 56.0 cm³/mol. The zero-order valence-electron chi connectivity index (χ0n) is 9.69. The molecule has 0 spiro atoms. The number of hydrogen-bond acceptors (Lipinski definition) is 0. The molecule has 0 unspecified atom stereocenters. The maximum atomic E-state index is 3.82. The van der Waals surface area contributed by atoms with Gasteiger partial charge in [0.1, 0.15) is 0 Å². The Morgan fingerprint density at radius 3 is 2.36 bits per heavy atom. The molecular formula is C10H18Mg. The quantitative estimate of drug-likeness (QED) is 0.338. The molecule has 0 aromatic carbocycles. The van der Waals surface area contributed by atoms with Gasteiger partial charge in [-0.05, 0) is 26.7 Å². The fourth-order valence-corrected chi connectivity index (χ4v) is 0.648. The van der Waals surface area contributed by atoms with Crippen LogP contribution in [0.5, 0.6) is 0 Å². The minimum absolute atomic E-state index is 0. The van der Waals surface area contributed by atoms with E-state index in [2.05, 4.69) is 33.1 Å². The summed E-state index contributed by atoms with van der Waals surface area (Å²) in [6.07, 6.45) is 6.16. The van der Waals surface area contributed by atoms with Gasteiger partial charge in [-0.15, -0.1) is 0 Å². The van der Waals surface area contributed by atoms with E-state index in [1.807, 2.05) is 6.08 Å². The first kappa shape index (κ1) is 13.6. The van der Waals surface area contributed by atoms with E-state index in [0.29, 0.717) is 0 Å². The Morgan fingerprint density at radius 2 is 2.00 bits per heavy atom. The molecule has 0 amide bonds. The zero-order valence-corrected chi connectivity index (χ0v) is 9.10. The summed E-state index contributed by atoms with van der Waals surface area (Å²) in [5.41, 5.74) is 2.49. The van der Waals surface area contributed by atoms with Crippen LogP contribution in [0.25, 0.3) is 0 Å². The molecule has 0 aliphatic rings. The molecule has 0 radical (unpaired) electrons. The van der Waals surface area contributed by atoms with Crippen LogP contribution in [-0.2, 0) is 0 Å². The van der Waals surface area contributed by atoms with Gasteiger partial charge in [-0.2, -0.15) is 0 Å². The molecule has 0 saturated carbocycles. The van der Waals surface area contributed by atoms with Gasteiger partial charge in [0.25, 0.3) is 0 Å². The minimum Gasteiger partial charge on any atom is -1.00 e. The SMILES string of the molecule is C=CC(=C)CCC=C(C)C.[H-].[H-].[Mg+2]. The van der Waals surface area contributed by atoms with Crippen molar-refractivity contribution in [1.82, 2.24) is 0 Å². The summed E-state index contributed by atoms with van der Waals surface area (Å²) in [6, 6.07) is 0. The maximum Gasteiger partial charge on any atom is 2.00 e. The van der Waals surface area contributed by atoms with Crippen LogP contribution >= 0.6 is 0 Å². The van der Waals surface area contributed by atoms with Crippen molar-refractivity contribution in [3.8, 4) is 0 Å². The van der Waals surface area contributed by atoms with E-state index in [1.165, 1.54) is 5.57 Å². The summed E-state index contributed by atoms with van der Waals surface area (Å²) in [4.78, 5) is 0. The van der Waals surface area contributed by atoms with E-state index >= 15 is 0 Å². The van der Waals surface area contributed by atoms with Gasteiger partial charge in [-0.25, -0.2) is 0 Å². The van der Waals surface area contributed by atoms with E-state index in [0.717, 1.165) is 18.4 Å². The van der Waals surface area contributed by atoms with Crippen LogP contribution < -0.4 is 0 Å². The van der Waals surface area contributed by atoms with Crippen LogP contribution in [0, 0.1) is 0 Å². The molecule has 1 heteroatoms. The van der Waals surface area contributed by atoms with Gasteiger partial charge in [0.15, 0.2) is 0 Å².